The maximum atomic E-state index is 13.8. The second-order valence-electron chi connectivity index (χ2n) is 6.45. The molecule has 3 rings (SSSR count). The first kappa shape index (κ1) is 14.0. The molecule has 1 aromatic rings. The zero-order valence-electron chi connectivity index (χ0n) is 11.8. The molecule has 1 N–H and O–H groups in total. The third-order valence-corrected chi connectivity index (χ3v) is 4.99. The summed E-state index contributed by atoms with van der Waals surface area (Å²) in [5, 5.41) is 10.8. The number of rotatable bonds is 2. The third-order valence-electron chi connectivity index (χ3n) is 4.99. The average Bonchev–Trinajstić information content (AvgIpc) is 2.36. The van der Waals surface area contributed by atoms with Crippen LogP contribution in [0.25, 0.3) is 0 Å². The van der Waals surface area contributed by atoms with Crippen molar-refractivity contribution in [1.29, 1.82) is 0 Å². The minimum atomic E-state index is -0.906. The second-order valence-corrected chi connectivity index (χ2v) is 6.45. The highest BCUT2D eigenvalue weighted by Crippen LogP contribution is 2.40. The van der Waals surface area contributed by atoms with E-state index in [1.165, 1.54) is 12.5 Å². The number of hydrogen-bond donors (Lipinski definition) is 1. The van der Waals surface area contributed by atoms with Crippen LogP contribution in [0.4, 0.5) is 8.78 Å². The molecule has 2 heterocycles. The summed E-state index contributed by atoms with van der Waals surface area (Å²) < 4.78 is 27.0. The molecule has 4 heteroatoms. The van der Waals surface area contributed by atoms with Crippen LogP contribution in [-0.4, -0.2) is 34.7 Å². The molecule has 2 nitrogen and oxygen atoms in total. The van der Waals surface area contributed by atoms with Crippen LogP contribution >= 0.6 is 0 Å². The Morgan fingerprint density at radius 2 is 1.90 bits per heavy atom. The first-order chi connectivity index (χ1) is 9.47. The predicted octanol–water partition coefficient (Wildman–Crippen LogP) is 2.89. The lowest BCUT2D eigenvalue weighted by Gasteiger charge is -2.50. The topological polar surface area (TPSA) is 23.5 Å². The van der Waals surface area contributed by atoms with E-state index in [-0.39, 0.29) is 12.0 Å². The van der Waals surface area contributed by atoms with Crippen LogP contribution in [0, 0.1) is 11.6 Å². The molecule has 0 spiro atoms. The van der Waals surface area contributed by atoms with E-state index in [4.69, 9.17) is 0 Å². The van der Waals surface area contributed by atoms with Gasteiger partial charge in [-0.05, 0) is 56.5 Å². The van der Waals surface area contributed by atoms with Crippen molar-refractivity contribution in [2.45, 2.75) is 56.2 Å². The van der Waals surface area contributed by atoms with E-state index in [9.17, 15) is 13.9 Å². The molecule has 2 atom stereocenters. The van der Waals surface area contributed by atoms with Gasteiger partial charge < -0.3 is 10.0 Å². The molecule has 2 bridgehead atoms. The zero-order chi connectivity index (χ0) is 14.3. The molecule has 2 saturated heterocycles. The Morgan fingerprint density at radius 3 is 2.55 bits per heavy atom. The Kier molecular flexibility index (Phi) is 3.55. The molecular weight excluding hydrogens is 260 g/mol. The van der Waals surface area contributed by atoms with Gasteiger partial charge in [-0.3, -0.25) is 0 Å². The lowest BCUT2D eigenvalue weighted by Crippen LogP contribution is -2.57. The minimum Gasteiger partial charge on any atom is -0.389 e. The zero-order valence-corrected chi connectivity index (χ0v) is 11.8. The smallest absolute Gasteiger partial charge is 0.126 e. The van der Waals surface area contributed by atoms with Crippen molar-refractivity contribution in [2.24, 2.45) is 0 Å². The van der Waals surface area contributed by atoms with Gasteiger partial charge in [0.15, 0.2) is 0 Å². The van der Waals surface area contributed by atoms with E-state index < -0.39 is 17.2 Å². The van der Waals surface area contributed by atoms with Crippen molar-refractivity contribution in [3.8, 4) is 0 Å². The second kappa shape index (κ2) is 5.08. The summed E-state index contributed by atoms with van der Waals surface area (Å²) in [4.78, 5) is 2.35. The molecule has 2 fully saturated rings. The van der Waals surface area contributed by atoms with Crippen LogP contribution in [0.3, 0.4) is 0 Å². The quantitative estimate of drug-likeness (QED) is 0.901. The molecular formula is C16H21F2NO. The summed E-state index contributed by atoms with van der Waals surface area (Å²) in [6.45, 7) is 0. The Bertz CT molecular complexity index is 491. The maximum absolute atomic E-state index is 13.8. The molecule has 2 aliphatic rings. The van der Waals surface area contributed by atoms with Gasteiger partial charge in [0.05, 0.1) is 5.60 Å². The number of piperidine rings is 2. The number of nitrogens with zero attached hydrogens (tertiary/aromatic N) is 1. The molecule has 0 aliphatic carbocycles. The predicted molar refractivity (Wildman–Crippen MR) is 73.4 cm³/mol. The number of benzene rings is 1. The van der Waals surface area contributed by atoms with E-state index in [0.717, 1.165) is 25.0 Å². The van der Waals surface area contributed by atoms with Crippen LogP contribution in [0.15, 0.2) is 18.2 Å². The molecule has 2 aliphatic heterocycles. The monoisotopic (exact) mass is 281 g/mol. The lowest BCUT2D eigenvalue weighted by molar-refractivity contribution is -0.0823. The SMILES string of the molecule is CN1C2CCCC1CC(O)(Cc1cc(F)ccc1F)C2. The van der Waals surface area contributed by atoms with Crippen LogP contribution < -0.4 is 0 Å². The van der Waals surface area contributed by atoms with Gasteiger partial charge in [-0.2, -0.15) is 0 Å². The largest absolute Gasteiger partial charge is 0.389 e. The van der Waals surface area contributed by atoms with E-state index in [1.807, 2.05) is 0 Å². The number of hydrogen-bond acceptors (Lipinski definition) is 2. The Labute approximate surface area is 118 Å². The summed E-state index contributed by atoms with van der Waals surface area (Å²) in [7, 11) is 2.11. The molecule has 20 heavy (non-hydrogen) atoms. The van der Waals surface area contributed by atoms with Gasteiger partial charge in [0, 0.05) is 18.5 Å². The summed E-state index contributed by atoms with van der Waals surface area (Å²) in [5.41, 5.74) is -0.619. The van der Waals surface area contributed by atoms with Crippen molar-refractivity contribution < 1.29 is 13.9 Å². The van der Waals surface area contributed by atoms with E-state index >= 15 is 0 Å². The minimum absolute atomic E-state index is 0.206. The fraction of sp³-hybridized carbons (Fsp3) is 0.625. The number of halogens is 2. The van der Waals surface area contributed by atoms with Crippen LogP contribution in [-0.2, 0) is 6.42 Å². The molecule has 0 aromatic heterocycles. The third kappa shape index (κ3) is 2.59. The van der Waals surface area contributed by atoms with Crippen molar-refractivity contribution >= 4 is 0 Å². The van der Waals surface area contributed by atoms with Gasteiger partial charge in [-0.15, -0.1) is 0 Å². The fourth-order valence-electron chi connectivity index (χ4n) is 3.92. The van der Waals surface area contributed by atoms with E-state index in [1.54, 1.807) is 0 Å². The first-order valence-corrected chi connectivity index (χ1v) is 7.35. The Hall–Kier alpha value is -1.00. The molecule has 0 radical (unpaired) electrons. The summed E-state index contributed by atoms with van der Waals surface area (Å²) in [6, 6.07) is 4.20. The van der Waals surface area contributed by atoms with Crippen molar-refractivity contribution in [3.63, 3.8) is 0 Å². The summed E-state index contributed by atoms with van der Waals surface area (Å²) in [5.74, 6) is -0.873. The Balaban J connectivity index is 1.81. The Morgan fingerprint density at radius 1 is 1.25 bits per heavy atom. The molecule has 110 valence electrons. The van der Waals surface area contributed by atoms with Crippen LogP contribution in [0.2, 0.25) is 0 Å². The van der Waals surface area contributed by atoms with Crippen molar-refractivity contribution in [2.75, 3.05) is 7.05 Å². The van der Waals surface area contributed by atoms with Gasteiger partial charge in [0.25, 0.3) is 0 Å². The highest BCUT2D eigenvalue weighted by molar-refractivity contribution is 5.21. The highest BCUT2D eigenvalue weighted by Gasteiger charge is 2.44. The maximum Gasteiger partial charge on any atom is 0.126 e. The fourth-order valence-corrected chi connectivity index (χ4v) is 3.92. The molecule has 1 aromatic carbocycles. The average molecular weight is 281 g/mol. The molecule has 0 saturated carbocycles. The van der Waals surface area contributed by atoms with Gasteiger partial charge in [0.1, 0.15) is 11.6 Å². The lowest BCUT2D eigenvalue weighted by atomic mass is 9.73. The normalized spacial score (nSPS) is 34.2. The molecule has 0 amide bonds. The highest BCUT2D eigenvalue weighted by atomic mass is 19.1. The van der Waals surface area contributed by atoms with Crippen LogP contribution in [0.5, 0.6) is 0 Å². The van der Waals surface area contributed by atoms with Gasteiger partial charge in [0.2, 0.25) is 0 Å². The van der Waals surface area contributed by atoms with Crippen molar-refractivity contribution in [3.05, 3.63) is 35.4 Å². The standard InChI is InChI=1S/C16H21F2NO/c1-19-13-3-2-4-14(19)10-16(20,9-13)8-11-7-12(17)5-6-15(11)18/h5-7,13-14,20H,2-4,8-10H2,1H3. The number of aliphatic hydroxyl groups is 1. The summed E-state index contributed by atoms with van der Waals surface area (Å²) >= 11 is 0. The van der Waals surface area contributed by atoms with Crippen LogP contribution in [0.1, 0.15) is 37.7 Å². The van der Waals surface area contributed by atoms with E-state index in [0.29, 0.717) is 24.9 Å². The van der Waals surface area contributed by atoms with Gasteiger partial charge in [-0.1, -0.05) is 6.42 Å². The first-order valence-electron chi connectivity index (χ1n) is 7.35. The number of fused-ring (bicyclic) bond motifs is 2. The molecule has 2 unspecified atom stereocenters. The summed E-state index contributed by atoms with van der Waals surface area (Å²) in [6.07, 6.45) is 4.87. The van der Waals surface area contributed by atoms with Gasteiger partial charge in [-0.25, -0.2) is 8.78 Å². The van der Waals surface area contributed by atoms with E-state index in [2.05, 4.69) is 11.9 Å². The van der Waals surface area contributed by atoms with Gasteiger partial charge >= 0.3 is 0 Å². The van der Waals surface area contributed by atoms with Crippen molar-refractivity contribution in [1.82, 2.24) is 4.90 Å².